The predicted octanol–water partition coefficient (Wildman–Crippen LogP) is 8.63. The molecule has 6 rings (SSSR count). The van der Waals surface area contributed by atoms with Crippen molar-refractivity contribution in [2.24, 2.45) is 0 Å². The van der Waals surface area contributed by atoms with E-state index in [-0.39, 0.29) is 47.7 Å². The second-order valence-corrected chi connectivity index (χ2v) is 30.0. The number of fused-ring (bicyclic) bond motifs is 4. The maximum absolute atomic E-state index is 17.5. The van der Waals surface area contributed by atoms with Crippen molar-refractivity contribution in [1.29, 1.82) is 0 Å². The van der Waals surface area contributed by atoms with Crippen molar-refractivity contribution >= 4 is 56.4 Å². The number of carbonyl (C=O) groups is 1. The van der Waals surface area contributed by atoms with Crippen LogP contribution in [0.1, 0.15) is 106 Å². The van der Waals surface area contributed by atoms with Gasteiger partial charge in [0.1, 0.15) is 0 Å². The molecule has 2 aromatic rings. The van der Waals surface area contributed by atoms with Gasteiger partial charge in [0.2, 0.25) is 0 Å². The van der Waals surface area contributed by atoms with Gasteiger partial charge in [0, 0.05) is 0 Å². The molecule has 278 valence electrons. The molecule has 0 aliphatic carbocycles. The first kappa shape index (κ1) is 38.1. The first-order valence-corrected chi connectivity index (χ1v) is 27.2. The molecule has 1 aromatic heterocycles. The zero-order valence-corrected chi connectivity index (χ0v) is 34.7. The molecule has 1 amide bonds. The number of benzene rings is 1. The molecule has 4 saturated heterocycles. The number of hydrogen-bond donors (Lipinski definition) is 0. The third-order valence-electron chi connectivity index (χ3n) is 11.7. The van der Waals surface area contributed by atoms with E-state index in [0.717, 1.165) is 81.2 Å². The summed E-state index contributed by atoms with van der Waals surface area (Å²) in [4.78, 5) is 29.4. The minimum atomic E-state index is -3.34. The third kappa shape index (κ3) is 7.55. The fourth-order valence-electron chi connectivity index (χ4n) is 9.55. The number of piperazine rings is 1. The summed E-state index contributed by atoms with van der Waals surface area (Å²) in [6.07, 6.45) is 8.16. The van der Waals surface area contributed by atoms with Gasteiger partial charge in [-0.1, -0.05) is 0 Å². The second kappa shape index (κ2) is 15.4. The molecule has 0 spiro atoms. The average Bonchev–Trinajstić information content (AvgIpc) is 3.67. The van der Waals surface area contributed by atoms with Gasteiger partial charge < -0.3 is 0 Å². The summed E-state index contributed by atoms with van der Waals surface area (Å²) in [6.45, 7) is 14.9. The standard InChI is InChI=1S/C27H33ClF2N5O3.2C4H9.C3H7.Sn/c1-26(2,3)38-25(36)35-18-5-6-19(35)14-33(13-18)23-20-9-16(28)10-21(30)22(20)31-24(32-23)37-15-27-7-4-8-34(27)12-17(29)11-27;2*1-3-4-2;1-3-2;/h9,17-19H,4-8,11-15H2,1-3H3;2*1,3-4H2,2H3;1,3H2,2H3;/t17-,18?,19?,27+;;;;/m1..../s1. The molecule has 0 N–H and O–H groups in total. The van der Waals surface area contributed by atoms with Crippen LogP contribution in [0.5, 0.6) is 6.01 Å². The quantitative estimate of drug-likeness (QED) is 0.188. The van der Waals surface area contributed by atoms with Crippen LogP contribution in [0.15, 0.2) is 6.07 Å². The van der Waals surface area contributed by atoms with E-state index < -0.39 is 30.1 Å². The molecule has 12 heteroatoms. The number of anilines is 1. The molecule has 0 radical (unpaired) electrons. The Bertz CT molecular complexity index is 1520. The van der Waals surface area contributed by atoms with Gasteiger partial charge >= 0.3 is 287 Å². The Balaban J connectivity index is 1.43. The second-order valence-electron chi connectivity index (χ2n) is 16.6. The fourth-order valence-corrected chi connectivity index (χ4v) is 27.3. The number of rotatable bonds is 13. The molecule has 1 aromatic carbocycles. The summed E-state index contributed by atoms with van der Waals surface area (Å²) in [5.74, 6) is 0.297. The zero-order valence-electron chi connectivity index (χ0n) is 31.1. The van der Waals surface area contributed by atoms with Crippen LogP contribution in [0, 0.1) is 5.82 Å². The van der Waals surface area contributed by atoms with Gasteiger partial charge in [-0.25, -0.2) is 0 Å². The summed E-state index contributed by atoms with van der Waals surface area (Å²) in [6, 6.07) is 1.95. The molecular formula is C38H58ClF2N5O3Sn. The summed E-state index contributed by atoms with van der Waals surface area (Å²) in [5.41, 5.74) is -0.698. The van der Waals surface area contributed by atoms with Crippen LogP contribution in [-0.2, 0) is 4.74 Å². The Morgan fingerprint density at radius 3 is 2.34 bits per heavy atom. The van der Waals surface area contributed by atoms with Crippen LogP contribution >= 0.6 is 11.6 Å². The van der Waals surface area contributed by atoms with Crippen molar-refractivity contribution in [1.82, 2.24) is 19.8 Å². The van der Waals surface area contributed by atoms with E-state index >= 15 is 4.39 Å². The number of unbranched alkanes of at least 4 members (excludes halogenated alkanes) is 2. The van der Waals surface area contributed by atoms with Crippen LogP contribution in [0.25, 0.3) is 10.9 Å². The summed E-state index contributed by atoms with van der Waals surface area (Å²) in [5, 5.41) is 1.10. The van der Waals surface area contributed by atoms with E-state index in [2.05, 4.69) is 30.6 Å². The van der Waals surface area contributed by atoms with Crippen LogP contribution in [0.2, 0.25) is 18.3 Å². The molecule has 0 saturated carbocycles. The SMILES string of the molecule is CCC[CH2][Sn]([CH2]CC)([CH2]CCC)[c]1c(Cl)cc2c(N3CC4CCC(C3)N4C(=O)OC(C)(C)C)nc(OC[C@@]34CCCN3C[C@H](F)C4)nc2c1F. The molecule has 8 nitrogen and oxygen atoms in total. The Hall–Kier alpha value is -1.66. The molecule has 50 heavy (non-hydrogen) atoms. The number of nitrogens with zero attached hydrogens (tertiary/aromatic N) is 5. The molecule has 4 fully saturated rings. The first-order valence-electron chi connectivity index (χ1n) is 19.3. The molecule has 4 aliphatic rings. The van der Waals surface area contributed by atoms with Crippen molar-refractivity contribution in [3.05, 3.63) is 16.9 Å². The predicted molar refractivity (Wildman–Crippen MR) is 200 cm³/mol. The van der Waals surface area contributed by atoms with Crippen molar-refractivity contribution in [2.45, 2.75) is 148 Å². The number of aromatic nitrogens is 2. The van der Waals surface area contributed by atoms with E-state index in [1.165, 1.54) is 0 Å². The van der Waals surface area contributed by atoms with Crippen molar-refractivity contribution in [3.63, 3.8) is 0 Å². The number of ether oxygens (including phenoxy) is 2. The topological polar surface area (TPSA) is 71.0 Å². The molecular weight excluding hydrogens is 767 g/mol. The van der Waals surface area contributed by atoms with Gasteiger partial charge in [-0.3, -0.25) is 0 Å². The monoisotopic (exact) mass is 825 g/mol. The van der Waals surface area contributed by atoms with E-state index in [1.54, 1.807) is 0 Å². The Morgan fingerprint density at radius 2 is 1.72 bits per heavy atom. The number of alkyl halides is 1. The summed E-state index contributed by atoms with van der Waals surface area (Å²) in [7, 11) is 0. The Morgan fingerprint density at radius 1 is 1.04 bits per heavy atom. The van der Waals surface area contributed by atoms with Crippen LogP contribution in [0.4, 0.5) is 19.4 Å². The molecule has 4 aliphatic heterocycles. The molecule has 4 atom stereocenters. The van der Waals surface area contributed by atoms with Crippen LogP contribution in [0.3, 0.4) is 0 Å². The van der Waals surface area contributed by atoms with Gasteiger partial charge in [-0.05, 0) is 20.8 Å². The van der Waals surface area contributed by atoms with Crippen molar-refractivity contribution in [2.75, 3.05) is 37.7 Å². The number of halogens is 3. The Kier molecular flexibility index (Phi) is 11.7. The Labute approximate surface area is 306 Å². The van der Waals surface area contributed by atoms with Crippen molar-refractivity contribution < 1.29 is 23.0 Å². The van der Waals surface area contributed by atoms with Gasteiger partial charge in [-0.15, -0.1) is 0 Å². The molecule has 2 bridgehead atoms. The van der Waals surface area contributed by atoms with E-state index in [9.17, 15) is 9.18 Å². The van der Waals surface area contributed by atoms with Gasteiger partial charge in [0.05, 0.1) is 0 Å². The van der Waals surface area contributed by atoms with Crippen molar-refractivity contribution in [3.8, 4) is 6.01 Å². The van der Waals surface area contributed by atoms with Gasteiger partial charge in [0.25, 0.3) is 0 Å². The minimum absolute atomic E-state index is 0.0556. The van der Waals surface area contributed by atoms with Gasteiger partial charge in [-0.2, -0.15) is 0 Å². The summed E-state index contributed by atoms with van der Waals surface area (Å²) >= 11 is 3.91. The van der Waals surface area contributed by atoms with E-state index in [4.69, 9.17) is 31.0 Å². The van der Waals surface area contributed by atoms with Crippen LogP contribution in [-0.4, -0.2) is 106 Å². The summed E-state index contributed by atoms with van der Waals surface area (Å²) < 4.78 is 48.3. The fraction of sp³-hybridized carbons (Fsp3) is 0.763. The van der Waals surface area contributed by atoms with E-state index in [1.807, 2.05) is 31.7 Å². The first-order chi connectivity index (χ1) is 23.8. The normalized spacial score (nSPS) is 25.5. The zero-order chi connectivity index (χ0) is 35.8. The van der Waals surface area contributed by atoms with Gasteiger partial charge in [0.15, 0.2) is 0 Å². The number of hydrogen-bond acceptors (Lipinski definition) is 7. The molecule has 5 heterocycles. The van der Waals surface area contributed by atoms with E-state index in [0.29, 0.717) is 42.3 Å². The third-order valence-corrected chi connectivity index (χ3v) is 28.5. The average molecular weight is 825 g/mol. The van der Waals surface area contributed by atoms with Crippen LogP contribution < -0.4 is 13.2 Å². The number of carbonyl (C=O) groups excluding carboxylic acids is 1. The number of amides is 1. The maximum atomic E-state index is 17.5. The molecule has 2 unspecified atom stereocenters.